The Bertz CT molecular complexity index is 1620. The number of aliphatic hydroxyl groups excluding tert-OH is 1. The number of hydrogen-bond donors (Lipinski definition) is 2. The lowest BCUT2D eigenvalue weighted by atomic mass is 9.68. The van der Waals surface area contributed by atoms with E-state index in [9.17, 15) is 18.3 Å². The first-order chi connectivity index (χ1) is 24.1. The maximum Gasteiger partial charge on any atom is 0.264 e. The van der Waals surface area contributed by atoms with Gasteiger partial charge in [0.15, 0.2) is 0 Å². The molecule has 1 fully saturated rings. The van der Waals surface area contributed by atoms with Crippen molar-refractivity contribution < 1.29 is 32.5 Å². The number of nitrogens with zero attached hydrogens (tertiary/aromatic N) is 1. The van der Waals surface area contributed by atoms with E-state index < -0.39 is 27.3 Å². The number of ether oxygens (including phenoxy) is 3. The first-order valence-electron chi connectivity index (χ1n) is 18.0. The van der Waals surface area contributed by atoms with Crippen LogP contribution < -0.4 is 14.4 Å². The summed E-state index contributed by atoms with van der Waals surface area (Å²) in [4.78, 5) is 16.0. The number of rotatable bonds is 17. The Kier molecular flexibility index (Phi) is 13.5. The molecule has 1 heterocycles. The summed E-state index contributed by atoms with van der Waals surface area (Å²) in [5.41, 5.74) is 3.15. The van der Waals surface area contributed by atoms with E-state index in [2.05, 4.69) is 41.3 Å². The molecule has 5 atom stereocenters. The van der Waals surface area contributed by atoms with Crippen LogP contribution in [0.2, 0.25) is 5.02 Å². The van der Waals surface area contributed by atoms with Gasteiger partial charge in [0, 0.05) is 36.2 Å². The summed E-state index contributed by atoms with van der Waals surface area (Å²) in [5, 5.41) is 10.9. The fourth-order valence-electron chi connectivity index (χ4n) is 7.61. The molecule has 1 amide bonds. The molecule has 0 bridgehead atoms. The second-order valence-electron chi connectivity index (χ2n) is 14.0. The van der Waals surface area contributed by atoms with Crippen molar-refractivity contribution in [1.29, 1.82) is 0 Å². The monoisotopic (exact) mass is 728 g/mol. The van der Waals surface area contributed by atoms with Gasteiger partial charge < -0.3 is 24.2 Å². The number of sulfonamides is 1. The fraction of sp³-hybridized carbons (Fsp3) is 0.564. The molecule has 0 saturated heterocycles. The molecule has 2 aromatic carbocycles. The first kappa shape index (κ1) is 38.3. The lowest BCUT2D eigenvalue weighted by Gasteiger charge is -2.45. The SMILES string of the molecule is C=CCC[C@@H](COCCOC)S(=O)(=O)NC(=O)c1ccc2c(c1)N(C[C@@H]1CC[C@H]1[C@@H](O)/C=C/CCC)C[C@@]1(CCCc3cc(Cl)ccc31)CO2. The van der Waals surface area contributed by atoms with Gasteiger partial charge in [-0.15, -0.1) is 6.58 Å². The van der Waals surface area contributed by atoms with Crippen molar-refractivity contribution in [2.75, 3.05) is 51.5 Å². The van der Waals surface area contributed by atoms with Gasteiger partial charge in [0.25, 0.3) is 5.91 Å². The number of halogens is 1. The van der Waals surface area contributed by atoms with E-state index in [1.807, 2.05) is 12.1 Å². The summed E-state index contributed by atoms with van der Waals surface area (Å²) >= 11 is 6.43. The maximum atomic E-state index is 13.7. The quantitative estimate of drug-likeness (QED) is 0.138. The largest absolute Gasteiger partial charge is 0.490 e. The average Bonchev–Trinajstić information content (AvgIpc) is 3.22. The first-order valence-corrected chi connectivity index (χ1v) is 19.9. The Morgan fingerprint density at radius 2 is 2.06 bits per heavy atom. The lowest BCUT2D eigenvalue weighted by Crippen LogP contribution is -2.49. The highest BCUT2D eigenvalue weighted by atomic mass is 35.5. The Balaban J connectivity index is 1.43. The molecule has 5 rings (SSSR count). The smallest absolute Gasteiger partial charge is 0.264 e. The Morgan fingerprint density at radius 1 is 1.22 bits per heavy atom. The number of methoxy groups -OCH3 is 1. The van der Waals surface area contributed by atoms with Gasteiger partial charge in [-0.1, -0.05) is 49.2 Å². The second kappa shape index (κ2) is 17.6. The molecular formula is C39H53ClN2O7S. The van der Waals surface area contributed by atoms with Gasteiger partial charge in [0.1, 0.15) is 11.0 Å². The third-order valence-corrected chi connectivity index (χ3v) is 12.5. The average molecular weight is 729 g/mol. The molecule has 3 aliphatic rings. The van der Waals surface area contributed by atoms with Crippen LogP contribution in [0.1, 0.15) is 79.8 Å². The van der Waals surface area contributed by atoms with E-state index in [4.69, 9.17) is 25.8 Å². The van der Waals surface area contributed by atoms with E-state index in [1.165, 1.54) is 11.1 Å². The highest BCUT2D eigenvalue weighted by molar-refractivity contribution is 7.90. The van der Waals surface area contributed by atoms with Gasteiger partial charge in [-0.3, -0.25) is 4.79 Å². The maximum absolute atomic E-state index is 13.7. The third-order valence-electron chi connectivity index (χ3n) is 10.6. The van der Waals surface area contributed by atoms with E-state index in [-0.39, 0.29) is 42.4 Å². The van der Waals surface area contributed by atoms with Crippen LogP contribution in [-0.4, -0.2) is 77.4 Å². The molecule has 1 aliphatic heterocycles. The molecule has 0 radical (unpaired) electrons. The number of aryl methyl sites for hydroxylation is 1. The topological polar surface area (TPSA) is 114 Å². The van der Waals surface area contributed by atoms with Crippen LogP contribution in [0.4, 0.5) is 5.69 Å². The number of aliphatic hydroxyl groups is 1. The van der Waals surface area contributed by atoms with Crippen molar-refractivity contribution in [3.05, 3.63) is 82.9 Å². The Morgan fingerprint density at radius 3 is 2.80 bits per heavy atom. The van der Waals surface area contributed by atoms with Crippen molar-refractivity contribution in [3.63, 3.8) is 0 Å². The molecule has 2 aromatic rings. The standard InChI is InChI=1S/C39H53ClN2O7S/c1-4-6-8-12-36(43)33-16-13-30(33)24-42-26-39(19-9-10-28-22-31(40)15-17-34(28)39)27-49-37-18-14-29(23-35(37)42)38(44)41-50(45,46)32(11-7-5-2)25-48-21-20-47-3/h5,8,12,14-15,17-18,22-23,30,32-33,36,43H,2,4,6-7,9-11,13,16,19-21,24-27H2,1,3H3,(H,41,44)/b12-8+/t30-,32-,33+,36-,39-/m0/s1. The molecule has 2 N–H and O–H groups in total. The molecule has 1 saturated carbocycles. The van der Waals surface area contributed by atoms with E-state index >= 15 is 0 Å². The van der Waals surface area contributed by atoms with E-state index in [1.54, 1.807) is 31.4 Å². The zero-order chi connectivity index (χ0) is 35.7. The number of hydrogen-bond acceptors (Lipinski definition) is 8. The third kappa shape index (κ3) is 9.12. The van der Waals surface area contributed by atoms with Crippen LogP contribution >= 0.6 is 11.6 Å². The Labute approximate surface area is 303 Å². The lowest BCUT2D eigenvalue weighted by molar-refractivity contribution is 0.0456. The van der Waals surface area contributed by atoms with Crippen molar-refractivity contribution >= 4 is 33.2 Å². The minimum atomic E-state index is -4.07. The number of anilines is 1. The van der Waals surface area contributed by atoms with Crippen molar-refractivity contribution in [2.24, 2.45) is 11.8 Å². The fourth-order valence-corrected chi connectivity index (χ4v) is 9.07. The summed E-state index contributed by atoms with van der Waals surface area (Å²) in [6.45, 7) is 8.16. The molecule has 0 aromatic heterocycles. The summed E-state index contributed by atoms with van der Waals surface area (Å²) in [6.07, 6.45) is 12.7. The van der Waals surface area contributed by atoms with Crippen LogP contribution in [-0.2, 0) is 31.3 Å². The van der Waals surface area contributed by atoms with Gasteiger partial charge in [-0.25, -0.2) is 13.1 Å². The van der Waals surface area contributed by atoms with Crippen LogP contribution in [0.25, 0.3) is 0 Å². The predicted octanol–water partition coefficient (Wildman–Crippen LogP) is 6.61. The molecule has 2 aliphatic carbocycles. The van der Waals surface area contributed by atoms with Crippen LogP contribution in [0, 0.1) is 11.8 Å². The number of unbranched alkanes of at least 4 members (excludes halogenated alkanes) is 1. The van der Waals surface area contributed by atoms with Gasteiger partial charge in [-0.2, -0.15) is 0 Å². The zero-order valence-electron chi connectivity index (χ0n) is 29.4. The zero-order valence-corrected chi connectivity index (χ0v) is 31.0. The van der Waals surface area contributed by atoms with Gasteiger partial charge in [-0.05, 0) is 105 Å². The predicted molar refractivity (Wildman–Crippen MR) is 199 cm³/mol. The molecule has 1 spiro atoms. The molecule has 0 unspecified atom stereocenters. The van der Waals surface area contributed by atoms with Crippen molar-refractivity contribution in [2.45, 2.75) is 81.5 Å². The minimum Gasteiger partial charge on any atom is -0.490 e. The van der Waals surface area contributed by atoms with Crippen molar-refractivity contribution in [3.8, 4) is 5.75 Å². The number of carbonyl (C=O) groups excluding carboxylic acids is 1. The Hall–Kier alpha value is -2.89. The molecule has 50 heavy (non-hydrogen) atoms. The minimum absolute atomic E-state index is 0.0670. The summed E-state index contributed by atoms with van der Waals surface area (Å²) in [7, 11) is -2.53. The summed E-state index contributed by atoms with van der Waals surface area (Å²) < 4.78 is 46.4. The van der Waals surface area contributed by atoms with E-state index in [0.29, 0.717) is 38.5 Å². The van der Waals surface area contributed by atoms with Gasteiger partial charge in [0.2, 0.25) is 10.0 Å². The van der Waals surface area contributed by atoms with Crippen LogP contribution in [0.3, 0.4) is 0 Å². The number of benzene rings is 2. The number of nitrogens with one attached hydrogen (secondary N) is 1. The van der Waals surface area contributed by atoms with Gasteiger partial charge >= 0.3 is 0 Å². The van der Waals surface area contributed by atoms with Crippen molar-refractivity contribution in [1.82, 2.24) is 4.72 Å². The number of carbonyl (C=O) groups is 1. The molecular weight excluding hydrogens is 676 g/mol. The summed E-state index contributed by atoms with van der Waals surface area (Å²) in [6, 6.07) is 11.3. The number of allylic oxidation sites excluding steroid dienone is 2. The molecule has 11 heteroatoms. The highest BCUT2D eigenvalue weighted by Crippen LogP contribution is 2.46. The summed E-state index contributed by atoms with van der Waals surface area (Å²) in [5.74, 6) is 0.327. The normalized spacial score (nSPS) is 22.9. The van der Waals surface area contributed by atoms with E-state index in [0.717, 1.165) is 55.7 Å². The second-order valence-corrected chi connectivity index (χ2v) is 16.4. The van der Waals surface area contributed by atoms with Crippen LogP contribution in [0.15, 0.2) is 61.2 Å². The molecule has 9 nitrogen and oxygen atoms in total. The van der Waals surface area contributed by atoms with Gasteiger partial charge in [0.05, 0.1) is 38.2 Å². The van der Waals surface area contributed by atoms with Crippen LogP contribution in [0.5, 0.6) is 5.75 Å². The number of amides is 1. The molecule has 274 valence electrons. The number of fused-ring (bicyclic) bond motifs is 3. The highest BCUT2D eigenvalue weighted by Gasteiger charge is 2.44.